The molecule has 104 valence electrons. The predicted octanol–water partition coefficient (Wildman–Crippen LogP) is 5.12. The number of nitrogens with zero attached hydrogens (tertiary/aromatic N) is 1. The Hall–Kier alpha value is -1.61. The number of aryl methyl sites for hydroxylation is 1. The second kappa shape index (κ2) is 6.23. The van der Waals surface area contributed by atoms with Gasteiger partial charge in [0, 0.05) is 22.3 Å². The van der Waals surface area contributed by atoms with Gasteiger partial charge < -0.3 is 4.90 Å². The fraction of sp³-hybridized carbons (Fsp3) is 0.235. The van der Waals surface area contributed by atoms with Gasteiger partial charge in [-0.1, -0.05) is 33.6 Å². The van der Waals surface area contributed by atoms with Crippen LogP contribution in [0.15, 0.2) is 46.9 Å². The molecule has 0 aliphatic carbocycles. The van der Waals surface area contributed by atoms with E-state index in [2.05, 4.69) is 58.9 Å². The zero-order chi connectivity index (χ0) is 14.7. The molecule has 3 heteroatoms. The van der Waals surface area contributed by atoms with Crippen molar-refractivity contribution in [3.63, 3.8) is 0 Å². The first-order valence-corrected chi connectivity index (χ1v) is 7.47. The van der Waals surface area contributed by atoms with E-state index in [4.69, 9.17) is 0 Å². The monoisotopic (exact) mass is 331 g/mol. The molecule has 0 bridgehead atoms. The van der Waals surface area contributed by atoms with Gasteiger partial charge in [-0.3, -0.25) is 4.79 Å². The minimum absolute atomic E-state index is 0.0815. The first-order chi connectivity index (χ1) is 9.52. The molecule has 0 aliphatic heterocycles. The summed E-state index contributed by atoms with van der Waals surface area (Å²) in [7, 11) is 0. The van der Waals surface area contributed by atoms with Gasteiger partial charge in [0.2, 0.25) is 0 Å². The lowest BCUT2D eigenvalue weighted by molar-refractivity contribution is 0.101. The standard InChI is InChI=1S/C17H18BrNO/c1-4-19(15-8-5-12(2)6-9-15)17-11-14(18)7-10-16(17)13(3)20/h5-11H,4H2,1-3H3. The smallest absolute Gasteiger partial charge is 0.161 e. The third-order valence-corrected chi connectivity index (χ3v) is 3.78. The Bertz CT molecular complexity index is 619. The van der Waals surface area contributed by atoms with E-state index in [1.807, 2.05) is 18.2 Å². The van der Waals surface area contributed by atoms with Crippen LogP contribution in [0, 0.1) is 6.92 Å². The van der Waals surface area contributed by atoms with Gasteiger partial charge in [-0.15, -0.1) is 0 Å². The van der Waals surface area contributed by atoms with Gasteiger partial charge in [0.25, 0.3) is 0 Å². The van der Waals surface area contributed by atoms with Crippen LogP contribution in [0.1, 0.15) is 29.8 Å². The largest absolute Gasteiger partial charge is 0.341 e. The van der Waals surface area contributed by atoms with Gasteiger partial charge in [-0.2, -0.15) is 0 Å². The number of carbonyl (C=O) groups excluding carboxylic acids is 1. The van der Waals surface area contributed by atoms with Crippen molar-refractivity contribution >= 4 is 33.1 Å². The number of ketones is 1. The van der Waals surface area contributed by atoms with E-state index >= 15 is 0 Å². The lowest BCUT2D eigenvalue weighted by atomic mass is 10.1. The molecule has 2 nitrogen and oxygen atoms in total. The van der Waals surface area contributed by atoms with Crippen molar-refractivity contribution in [3.8, 4) is 0 Å². The summed E-state index contributed by atoms with van der Waals surface area (Å²) in [6, 6.07) is 14.1. The molecule has 0 amide bonds. The van der Waals surface area contributed by atoms with E-state index in [1.165, 1.54) is 5.56 Å². The quantitative estimate of drug-likeness (QED) is 0.725. The molecule has 0 fully saturated rings. The predicted molar refractivity (Wildman–Crippen MR) is 88.0 cm³/mol. The van der Waals surface area contributed by atoms with Crippen LogP contribution in [0.2, 0.25) is 0 Å². The summed E-state index contributed by atoms with van der Waals surface area (Å²) in [4.78, 5) is 14.0. The Morgan fingerprint density at radius 2 is 1.80 bits per heavy atom. The molecule has 2 rings (SSSR count). The summed E-state index contributed by atoms with van der Waals surface area (Å²) in [5.41, 5.74) is 4.01. The Kier molecular flexibility index (Phi) is 4.61. The van der Waals surface area contributed by atoms with Gasteiger partial charge in [-0.25, -0.2) is 0 Å². The van der Waals surface area contributed by atoms with Crippen LogP contribution in [0.4, 0.5) is 11.4 Å². The number of anilines is 2. The highest BCUT2D eigenvalue weighted by Gasteiger charge is 2.15. The molecule has 0 aliphatic rings. The molecule has 0 spiro atoms. The molecule has 0 atom stereocenters. The van der Waals surface area contributed by atoms with Gasteiger partial charge in [-0.05, 0) is 51.1 Å². The lowest BCUT2D eigenvalue weighted by Crippen LogP contribution is -2.18. The fourth-order valence-corrected chi connectivity index (χ4v) is 2.59. The highest BCUT2D eigenvalue weighted by Crippen LogP contribution is 2.31. The van der Waals surface area contributed by atoms with Crippen molar-refractivity contribution < 1.29 is 4.79 Å². The first kappa shape index (κ1) is 14.8. The number of benzene rings is 2. The van der Waals surface area contributed by atoms with Crippen molar-refractivity contribution in [2.75, 3.05) is 11.4 Å². The molecule has 2 aromatic rings. The van der Waals surface area contributed by atoms with Crippen LogP contribution in [-0.2, 0) is 0 Å². The van der Waals surface area contributed by atoms with Crippen molar-refractivity contribution in [2.45, 2.75) is 20.8 Å². The molecule has 0 heterocycles. The zero-order valence-electron chi connectivity index (χ0n) is 12.0. The number of rotatable bonds is 4. The third kappa shape index (κ3) is 3.10. The number of carbonyl (C=O) groups is 1. The molecule has 20 heavy (non-hydrogen) atoms. The summed E-state index contributed by atoms with van der Waals surface area (Å²) < 4.78 is 0.975. The Balaban J connectivity index is 2.53. The molecular weight excluding hydrogens is 314 g/mol. The van der Waals surface area contributed by atoms with E-state index in [1.54, 1.807) is 6.92 Å². The van der Waals surface area contributed by atoms with Crippen molar-refractivity contribution in [1.29, 1.82) is 0 Å². The second-order valence-electron chi connectivity index (χ2n) is 4.80. The summed E-state index contributed by atoms with van der Waals surface area (Å²) in [6.45, 7) is 6.57. The third-order valence-electron chi connectivity index (χ3n) is 3.29. The minimum atomic E-state index is 0.0815. The molecule has 2 aromatic carbocycles. The van der Waals surface area contributed by atoms with E-state index in [-0.39, 0.29) is 5.78 Å². The summed E-state index contributed by atoms with van der Waals surface area (Å²) >= 11 is 3.49. The Morgan fingerprint density at radius 1 is 1.15 bits per heavy atom. The lowest BCUT2D eigenvalue weighted by Gasteiger charge is -2.25. The molecular formula is C17H18BrNO. The maximum atomic E-state index is 11.8. The second-order valence-corrected chi connectivity index (χ2v) is 5.71. The van der Waals surface area contributed by atoms with Gasteiger partial charge in [0.1, 0.15) is 0 Å². The topological polar surface area (TPSA) is 20.3 Å². The van der Waals surface area contributed by atoms with E-state index < -0.39 is 0 Å². The van der Waals surface area contributed by atoms with Gasteiger partial charge in [0.05, 0.1) is 5.69 Å². The summed E-state index contributed by atoms with van der Waals surface area (Å²) in [5.74, 6) is 0.0815. The van der Waals surface area contributed by atoms with Crippen molar-refractivity contribution in [3.05, 3.63) is 58.1 Å². The summed E-state index contributed by atoms with van der Waals surface area (Å²) in [6.07, 6.45) is 0. The van der Waals surface area contributed by atoms with Crippen LogP contribution in [-0.4, -0.2) is 12.3 Å². The Morgan fingerprint density at radius 3 is 2.35 bits per heavy atom. The molecule has 0 saturated carbocycles. The number of hydrogen-bond acceptors (Lipinski definition) is 2. The van der Waals surface area contributed by atoms with Crippen LogP contribution < -0.4 is 4.90 Å². The SMILES string of the molecule is CCN(c1ccc(C)cc1)c1cc(Br)ccc1C(C)=O. The molecule has 0 aromatic heterocycles. The minimum Gasteiger partial charge on any atom is -0.341 e. The van der Waals surface area contributed by atoms with Crippen LogP contribution in [0.3, 0.4) is 0 Å². The number of hydrogen-bond donors (Lipinski definition) is 0. The Labute approximate surface area is 128 Å². The average Bonchev–Trinajstić information content (AvgIpc) is 2.41. The van der Waals surface area contributed by atoms with Crippen LogP contribution >= 0.6 is 15.9 Å². The van der Waals surface area contributed by atoms with E-state index in [0.29, 0.717) is 0 Å². The van der Waals surface area contributed by atoms with Crippen LogP contribution in [0.25, 0.3) is 0 Å². The maximum absolute atomic E-state index is 11.8. The molecule has 0 saturated heterocycles. The first-order valence-electron chi connectivity index (χ1n) is 6.67. The molecule has 0 radical (unpaired) electrons. The van der Waals surface area contributed by atoms with E-state index in [0.717, 1.165) is 28.0 Å². The van der Waals surface area contributed by atoms with Crippen molar-refractivity contribution in [1.82, 2.24) is 0 Å². The average molecular weight is 332 g/mol. The van der Waals surface area contributed by atoms with E-state index in [9.17, 15) is 4.79 Å². The van der Waals surface area contributed by atoms with Crippen LogP contribution in [0.5, 0.6) is 0 Å². The number of halogens is 1. The van der Waals surface area contributed by atoms with Crippen molar-refractivity contribution in [2.24, 2.45) is 0 Å². The van der Waals surface area contributed by atoms with Gasteiger partial charge in [0.15, 0.2) is 5.78 Å². The van der Waals surface area contributed by atoms with Gasteiger partial charge >= 0.3 is 0 Å². The fourth-order valence-electron chi connectivity index (χ4n) is 2.24. The highest BCUT2D eigenvalue weighted by molar-refractivity contribution is 9.10. The maximum Gasteiger partial charge on any atom is 0.161 e. The zero-order valence-corrected chi connectivity index (χ0v) is 13.6. The normalized spacial score (nSPS) is 10.4. The molecule has 0 unspecified atom stereocenters. The highest BCUT2D eigenvalue weighted by atomic mass is 79.9. The number of Topliss-reactive ketones (excluding diaryl/α,β-unsaturated/α-hetero) is 1. The summed E-state index contributed by atoms with van der Waals surface area (Å²) in [5, 5.41) is 0. The molecule has 0 N–H and O–H groups in total.